The first-order valence-electron chi connectivity index (χ1n) is 8.04. The van der Waals surface area contributed by atoms with Crippen LogP contribution in [0.2, 0.25) is 0 Å². The van der Waals surface area contributed by atoms with Crippen LogP contribution in [0.25, 0.3) is 11.0 Å². The zero-order chi connectivity index (χ0) is 15.8. The first-order valence-corrected chi connectivity index (χ1v) is 8.04. The average Bonchev–Trinajstić information content (AvgIpc) is 2.74. The number of aromatic nitrogens is 3. The molecule has 3 heterocycles. The number of hydrogen-bond acceptors (Lipinski definition) is 5. The van der Waals surface area contributed by atoms with E-state index in [2.05, 4.69) is 22.1 Å². The van der Waals surface area contributed by atoms with Crippen molar-refractivity contribution in [3.63, 3.8) is 0 Å². The van der Waals surface area contributed by atoms with Crippen molar-refractivity contribution in [2.45, 2.75) is 12.6 Å². The molecule has 2 saturated heterocycles. The van der Waals surface area contributed by atoms with Gasteiger partial charge in [-0.15, -0.1) is 0 Å². The molecule has 4 rings (SSSR count). The first kappa shape index (κ1) is 14.6. The molecule has 23 heavy (non-hydrogen) atoms. The van der Waals surface area contributed by atoms with E-state index in [-0.39, 0.29) is 18.5 Å². The van der Waals surface area contributed by atoms with Gasteiger partial charge in [0, 0.05) is 25.6 Å². The molecule has 2 aromatic rings. The minimum Gasteiger partial charge on any atom is -0.379 e. The maximum absolute atomic E-state index is 12.7. The van der Waals surface area contributed by atoms with Gasteiger partial charge in [0.25, 0.3) is 0 Å². The lowest BCUT2D eigenvalue weighted by molar-refractivity contribution is -0.134. The molecular formula is C16H21N5O2. The van der Waals surface area contributed by atoms with Gasteiger partial charge in [-0.25, -0.2) is 0 Å². The Bertz CT molecular complexity index is 682. The summed E-state index contributed by atoms with van der Waals surface area (Å²) in [6.45, 7) is 4.07. The maximum Gasteiger partial charge on any atom is 0.246 e. The summed E-state index contributed by atoms with van der Waals surface area (Å²) in [5.74, 6) is 0.457. The van der Waals surface area contributed by atoms with Crippen LogP contribution >= 0.6 is 0 Å². The lowest BCUT2D eigenvalue weighted by Gasteiger charge is -2.29. The zero-order valence-electron chi connectivity index (χ0n) is 13.3. The van der Waals surface area contributed by atoms with E-state index < -0.39 is 0 Å². The fraction of sp³-hybridized carbons (Fsp3) is 0.562. The molecular weight excluding hydrogens is 294 g/mol. The van der Waals surface area contributed by atoms with Gasteiger partial charge in [0.05, 0.1) is 19.3 Å². The number of amides is 1. The molecule has 0 N–H and O–H groups in total. The largest absolute Gasteiger partial charge is 0.379 e. The summed E-state index contributed by atoms with van der Waals surface area (Å²) >= 11 is 0. The van der Waals surface area contributed by atoms with E-state index in [1.165, 1.54) is 4.80 Å². The average molecular weight is 315 g/mol. The van der Waals surface area contributed by atoms with Crippen molar-refractivity contribution in [3.05, 3.63) is 24.3 Å². The van der Waals surface area contributed by atoms with Crippen molar-refractivity contribution in [1.82, 2.24) is 24.8 Å². The van der Waals surface area contributed by atoms with Crippen LogP contribution in [0.5, 0.6) is 0 Å². The van der Waals surface area contributed by atoms with Gasteiger partial charge in [-0.2, -0.15) is 15.0 Å². The topological polar surface area (TPSA) is 63.5 Å². The molecule has 7 nitrogen and oxygen atoms in total. The molecule has 2 atom stereocenters. The lowest BCUT2D eigenvalue weighted by atomic mass is 10.1. The van der Waals surface area contributed by atoms with Crippen LogP contribution in [0.1, 0.15) is 0 Å². The number of likely N-dealkylation sites (N-methyl/N-ethyl adjacent to an activating group) is 1. The van der Waals surface area contributed by atoms with Gasteiger partial charge < -0.3 is 9.64 Å². The van der Waals surface area contributed by atoms with Crippen LogP contribution in [0.15, 0.2) is 24.3 Å². The Morgan fingerprint density at radius 2 is 1.91 bits per heavy atom. The molecule has 2 aliphatic heterocycles. The lowest BCUT2D eigenvalue weighted by Crippen LogP contribution is -2.45. The third-order valence-electron chi connectivity index (χ3n) is 4.70. The molecule has 2 fully saturated rings. The molecule has 1 aromatic carbocycles. The fourth-order valence-corrected chi connectivity index (χ4v) is 3.45. The number of fused-ring (bicyclic) bond motifs is 4. The van der Waals surface area contributed by atoms with Crippen molar-refractivity contribution in [3.8, 4) is 0 Å². The SMILES string of the molecule is CN1C[C@H]2COC[C@@H]1CN(C(=O)Cn1nc3ccccc3n1)C2. The second-order valence-electron chi connectivity index (χ2n) is 6.51. The standard InChI is InChI=1S/C16H21N5O2/c1-19-6-12-7-20(8-13(19)11-23-10-12)16(22)9-21-17-14-4-2-3-5-15(14)18-21/h2-5,12-13H,6-11H2,1H3/t12-,13+/m1/s1. The van der Waals surface area contributed by atoms with Crippen molar-refractivity contribution >= 4 is 16.9 Å². The van der Waals surface area contributed by atoms with E-state index in [9.17, 15) is 4.79 Å². The number of hydrogen-bond donors (Lipinski definition) is 0. The number of ether oxygens (including phenoxy) is 1. The van der Waals surface area contributed by atoms with E-state index >= 15 is 0 Å². The van der Waals surface area contributed by atoms with Crippen molar-refractivity contribution in [2.24, 2.45) is 5.92 Å². The maximum atomic E-state index is 12.7. The minimum absolute atomic E-state index is 0.0810. The van der Waals surface area contributed by atoms with E-state index in [0.29, 0.717) is 19.1 Å². The number of nitrogens with zero attached hydrogens (tertiary/aromatic N) is 5. The molecule has 7 heteroatoms. The third-order valence-corrected chi connectivity index (χ3v) is 4.70. The molecule has 0 saturated carbocycles. The van der Waals surface area contributed by atoms with Gasteiger partial charge in [0.1, 0.15) is 17.6 Å². The Labute approximate surface area is 134 Å². The van der Waals surface area contributed by atoms with Crippen LogP contribution < -0.4 is 0 Å². The second-order valence-corrected chi connectivity index (χ2v) is 6.51. The van der Waals surface area contributed by atoms with Gasteiger partial charge >= 0.3 is 0 Å². The van der Waals surface area contributed by atoms with E-state index in [0.717, 1.165) is 30.7 Å². The Kier molecular flexibility index (Phi) is 3.74. The van der Waals surface area contributed by atoms with Gasteiger partial charge in [-0.1, -0.05) is 12.1 Å². The van der Waals surface area contributed by atoms with Crippen LogP contribution in [0.3, 0.4) is 0 Å². The Morgan fingerprint density at radius 3 is 2.65 bits per heavy atom. The van der Waals surface area contributed by atoms with E-state index in [1.807, 2.05) is 29.2 Å². The first-order chi connectivity index (χ1) is 11.2. The van der Waals surface area contributed by atoms with Gasteiger partial charge in [0.2, 0.25) is 5.91 Å². The highest BCUT2D eigenvalue weighted by atomic mass is 16.5. The number of carbonyl (C=O) groups is 1. The molecule has 0 unspecified atom stereocenters. The number of rotatable bonds is 2. The summed E-state index contributed by atoms with van der Waals surface area (Å²) in [7, 11) is 2.11. The quantitative estimate of drug-likeness (QED) is 0.793. The normalized spacial score (nSPS) is 25.5. The highest BCUT2D eigenvalue weighted by Gasteiger charge is 2.33. The summed E-state index contributed by atoms with van der Waals surface area (Å²) in [4.78, 5) is 18.5. The third kappa shape index (κ3) is 2.94. The molecule has 2 bridgehead atoms. The molecule has 0 radical (unpaired) electrons. The Hall–Kier alpha value is -1.99. The summed E-state index contributed by atoms with van der Waals surface area (Å²) in [5.41, 5.74) is 1.64. The monoisotopic (exact) mass is 315 g/mol. The predicted octanol–water partition coefficient (Wildman–Crippen LogP) is 0.220. The van der Waals surface area contributed by atoms with Crippen molar-refractivity contribution < 1.29 is 9.53 Å². The van der Waals surface area contributed by atoms with Crippen molar-refractivity contribution in [2.75, 3.05) is 39.9 Å². The molecule has 2 aliphatic rings. The highest BCUT2D eigenvalue weighted by molar-refractivity contribution is 5.77. The smallest absolute Gasteiger partial charge is 0.246 e. The molecule has 1 aromatic heterocycles. The second kappa shape index (κ2) is 5.90. The highest BCUT2D eigenvalue weighted by Crippen LogP contribution is 2.18. The van der Waals surface area contributed by atoms with Crippen LogP contribution in [0.4, 0.5) is 0 Å². The van der Waals surface area contributed by atoms with Gasteiger partial charge in [0.15, 0.2) is 0 Å². The minimum atomic E-state index is 0.0810. The van der Waals surface area contributed by atoms with Crippen LogP contribution in [0, 0.1) is 5.92 Å². The zero-order valence-corrected chi connectivity index (χ0v) is 13.3. The fourth-order valence-electron chi connectivity index (χ4n) is 3.45. The molecule has 122 valence electrons. The van der Waals surface area contributed by atoms with Crippen molar-refractivity contribution in [1.29, 1.82) is 0 Å². The van der Waals surface area contributed by atoms with Gasteiger partial charge in [-0.05, 0) is 19.2 Å². The summed E-state index contributed by atoms with van der Waals surface area (Å²) in [6.07, 6.45) is 0. The van der Waals surface area contributed by atoms with E-state index in [1.54, 1.807) is 0 Å². The Balaban J connectivity index is 1.50. The van der Waals surface area contributed by atoms with Gasteiger partial charge in [-0.3, -0.25) is 9.69 Å². The summed E-state index contributed by atoms with van der Waals surface area (Å²) < 4.78 is 5.71. The molecule has 0 aliphatic carbocycles. The summed E-state index contributed by atoms with van der Waals surface area (Å²) in [6, 6.07) is 7.94. The molecule has 0 spiro atoms. The van der Waals surface area contributed by atoms with Crippen LogP contribution in [-0.4, -0.2) is 76.6 Å². The van der Waals surface area contributed by atoms with Crippen LogP contribution in [-0.2, 0) is 16.1 Å². The summed E-state index contributed by atoms with van der Waals surface area (Å²) in [5, 5.41) is 8.76. The predicted molar refractivity (Wildman–Crippen MR) is 84.8 cm³/mol. The van der Waals surface area contributed by atoms with E-state index in [4.69, 9.17) is 4.74 Å². The molecule has 1 amide bonds. The number of benzene rings is 1. The number of carbonyl (C=O) groups excluding carboxylic acids is 1. The Morgan fingerprint density at radius 1 is 1.17 bits per heavy atom.